The Balaban J connectivity index is 2.04. The molecule has 2 rings (SSSR count). The summed E-state index contributed by atoms with van der Waals surface area (Å²) in [5, 5.41) is 2.95. The van der Waals surface area contributed by atoms with E-state index < -0.39 is 0 Å². The van der Waals surface area contributed by atoms with Crippen LogP contribution < -0.4 is 11.1 Å². The van der Waals surface area contributed by atoms with Gasteiger partial charge < -0.3 is 16.0 Å². The minimum atomic E-state index is -0.349. The summed E-state index contributed by atoms with van der Waals surface area (Å²) in [5.41, 5.74) is 8.04. The molecule has 1 aromatic carbocycles. The fraction of sp³-hybridized carbons (Fsp3) is 0.200. The van der Waals surface area contributed by atoms with E-state index in [1.807, 2.05) is 18.2 Å². The average Bonchev–Trinajstić information content (AvgIpc) is 2.64. The van der Waals surface area contributed by atoms with Crippen LogP contribution in [0.15, 0.2) is 24.5 Å². The molecule has 0 saturated carbocycles. The Bertz CT molecular complexity index is 477. The number of carbonyl (C=O) groups is 1. The van der Waals surface area contributed by atoms with E-state index in [1.165, 1.54) is 0 Å². The highest BCUT2D eigenvalue weighted by Gasteiger charge is 1.98. The first-order chi connectivity index (χ1) is 7.25. The van der Waals surface area contributed by atoms with E-state index in [4.69, 9.17) is 5.73 Å². The third kappa shape index (κ3) is 2.32. The lowest BCUT2D eigenvalue weighted by atomic mass is 10.2. The number of amides is 1. The van der Waals surface area contributed by atoms with Crippen LogP contribution in [0.25, 0.3) is 11.0 Å². The van der Waals surface area contributed by atoms with Crippen molar-refractivity contribution in [3.63, 3.8) is 0 Å². The van der Waals surface area contributed by atoms with Crippen LogP contribution in [0, 0.1) is 0 Å². The minimum Gasteiger partial charge on any atom is -0.369 e. The van der Waals surface area contributed by atoms with Crippen molar-refractivity contribution in [3.8, 4) is 0 Å². The quantitative estimate of drug-likeness (QED) is 0.662. The minimum absolute atomic E-state index is 0.195. The third-order valence-corrected chi connectivity index (χ3v) is 2.11. The molecule has 0 unspecified atom stereocenters. The number of nitrogens with one attached hydrogen (secondary N) is 2. The van der Waals surface area contributed by atoms with Gasteiger partial charge in [0.15, 0.2) is 0 Å². The van der Waals surface area contributed by atoms with Gasteiger partial charge in [-0.3, -0.25) is 4.79 Å². The number of nitrogens with zero attached hydrogens (tertiary/aromatic N) is 1. The summed E-state index contributed by atoms with van der Waals surface area (Å²) >= 11 is 0. The molecule has 0 atom stereocenters. The Kier molecular flexibility index (Phi) is 2.64. The van der Waals surface area contributed by atoms with Gasteiger partial charge in [0.1, 0.15) is 0 Å². The maximum atomic E-state index is 10.5. The molecule has 15 heavy (non-hydrogen) atoms. The number of carbonyl (C=O) groups excluding carboxylic acids is 1. The van der Waals surface area contributed by atoms with Crippen LogP contribution in [0.1, 0.15) is 5.56 Å². The number of aromatic amines is 1. The summed E-state index contributed by atoms with van der Waals surface area (Å²) in [6, 6.07) is 5.90. The lowest BCUT2D eigenvalue weighted by molar-refractivity contribution is -0.117. The molecule has 0 fully saturated rings. The summed E-state index contributed by atoms with van der Waals surface area (Å²) in [6.45, 7) is 0.818. The zero-order chi connectivity index (χ0) is 10.7. The summed E-state index contributed by atoms with van der Waals surface area (Å²) in [5.74, 6) is -0.349. The Hall–Kier alpha value is -1.88. The van der Waals surface area contributed by atoms with Crippen molar-refractivity contribution < 1.29 is 4.79 Å². The second kappa shape index (κ2) is 4.10. The number of H-pyrrole nitrogens is 1. The molecule has 5 heteroatoms. The number of aromatic nitrogens is 2. The number of hydrogen-bond acceptors (Lipinski definition) is 3. The predicted molar refractivity (Wildman–Crippen MR) is 57.0 cm³/mol. The number of rotatable bonds is 4. The van der Waals surface area contributed by atoms with Gasteiger partial charge in [-0.25, -0.2) is 4.98 Å². The predicted octanol–water partition coefficient (Wildman–Crippen LogP) is 0.138. The van der Waals surface area contributed by atoms with Gasteiger partial charge in [0.25, 0.3) is 0 Å². The van der Waals surface area contributed by atoms with Crippen LogP contribution in [-0.4, -0.2) is 22.4 Å². The van der Waals surface area contributed by atoms with Gasteiger partial charge in [-0.05, 0) is 17.7 Å². The molecule has 5 nitrogen and oxygen atoms in total. The van der Waals surface area contributed by atoms with Crippen molar-refractivity contribution in [2.45, 2.75) is 6.54 Å². The topological polar surface area (TPSA) is 83.8 Å². The third-order valence-electron chi connectivity index (χ3n) is 2.11. The van der Waals surface area contributed by atoms with Gasteiger partial charge in [-0.15, -0.1) is 0 Å². The summed E-state index contributed by atoms with van der Waals surface area (Å²) < 4.78 is 0. The highest BCUT2D eigenvalue weighted by Crippen LogP contribution is 2.10. The molecule has 0 radical (unpaired) electrons. The first kappa shape index (κ1) is 9.67. The van der Waals surface area contributed by atoms with Crippen molar-refractivity contribution >= 4 is 16.9 Å². The average molecular weight is 204 g/mol. The summed E-state index contributed by atoms with van der Waals surface area (Å²) in [4.78, 5) is 17.7. The number of benzene rings is 1. The highest BCUT2D eigenvalue weighted by atomic mass is 16.1. The molecule has 1 heterocycles. The monoisotopic (exact) mass is 204 g/mol. The SMILES string of the molecule is NC(=O)CNCc1ccc2nc[nH]c2c1. The molecule has 0 saturated heterocycles. The van der Waals surface area contributed by atoms with Crippen LogP contribution in [0.2, 0.25) is 0 Å². The van der Waals surface area contributed by atoms with Gasteiger partial charge in [-0.1, -0.05) is 6.07 Å². The van der Waals surface area contributed by atoms with E-state index >= 15 is 0 Å². The van der Waals surface area contributed by atoms with E-state index in [0.717, 1.165) is 16.6 Å². The molecule has 2 aromatic rings. The van der Waals surface area contributed by atoms with E-state index in [1.54, 1.807) is 6.33 Å². The molecular formula is C10H12N4O. The van der Waals surface area contributed by atoms with Gasteiger partial charge in [0, 0.05) is 6.54 Å². The number of hydrogen-bond donors (Lipinski definition) is 3. The van der Waals surface area contributed by atoms with E-state index in [0.29, 0.717) is 6.54 Å². The van der Waals surface area contributed by atoms with E-state index in [9.17, 15) is 4.79 Å². The second-order valence-corrected chi connectivity index (χ2v) is 3.32. The van der Waals surface area contributed by atoms with Crippen molar-refractivity contribution in [2.24, 2.45) is 5.73 Å². The molecule has 0 aliphatic carbocycles. The summed E-state index contributed by atoms with van der Waals surface area (Å²) in [7, 11) is 0. The van der Waals surface area contributed by atoms with E-state index in [2.05, 4.69) is 15.3 Å². The first-order valence-electron chi connectivity index (χ1n) is 4.67. The Morgan fingerprint density at radius 2 is 2.40 bits per heavy atom. The molecule has 1 amide bonds. The van der Waals surface area contributed by atoms with Gasteiger partial charge in [0.2, 0.25) is 5.91 Å². The largest absolute Gasteiger partial charge is 0.369 e. The standard InChI is InChI=1S/C10H12N4O/c11-10(15)5-12-4-7-1-2-8-9(3-7)14-6-13-8/h1-3,6,12H,4-5H2,(H2,11,15)(H,13,14). The van der Waals surface area contributed by atoms with Crippen molar-refractivity contribution in [1.82, 2.24) is 15.3 Å². The smallest absolute Gasteiger partial charge is 0.231 e. The fourth-order valence-electron chi connectivity index (χ4n) is 1.42. The van der Waals surface area contributed by atoms with Crippen LogP contribution in [0.5, 0.6) is 0 Å². The summed E-state index contributed by atoms with van der Waals surface area (Å²) in [6.07, 6.45) is 1.66. The maximum absolute atomic E-state index is 10.5. The zero-order valence-corrected chi connectivity index (χ0v) is 8.16. The molecule has 4 N–H and O–H groups in total. The van der Waals surface area contributed by atoms with Gasteiger partial charge >= 0.3 is 0 Å². The van der Waals surface area contributed by atoms with Crippen molar-refractivity contribution in [1.29, 1.82) is 0 Å². The molecule has 0 aliphatic rings. The van der Waals surface area contributed by atoms with Crippen molar-refractivity contribution in [2.75, 3.05) is 6.54 Å². The second-order valence-electron chi connectivity index (χ2n) is 3.32. The normalized spacial score (nSPS) is 10.7. The maximum Gasteiger partial charge on any atom is 0.231 e. The Morgan fingerprint density at radius 1 is 1.53 bits per heavy atom. The van der Waals surface area contributed by atoms with Crippen molar-refractivity contribution in [3.05, 3.63) is 30.1 Å². The molecular weight excluding hydrogens is 192 g/mol. The van der Waals surface area contributed by atoms with Crippen LogP contribution >= 0.6 is 0 Å². The van der Waals surface area contributed by atoms with Crippen LogP contribution in [0.4, 0.5) is 0 Å². The highest BCUT2D eigenvalue weighted by molar-refractivity contribution is 5.76. The lowest BCUT2D eigenvalue weighted by Crippen LogP contribution is -2.28. The fourth-order valence-corrected chi connectivity index (χ4v) is 1.42. The number of nitrogens with two attached hydrogens (primary N) is 1. The Morgan fingerprint density at radius 3 is 3.20 bits per heavy atom. The molecule has 0 aliphatic heterocycles. The molecule has 1 aromatic heterocycles. The van der Waals surface area contributed by atoms with Crippen LogP contribution in [0.3, 0.4) is 0 Å². The van der Waals surface area contributed by atoms with Gasteiger partial charge in [-0.2, -0.15) is 0 Å². The molecule has 78 valence electrons. The van der Waals surface area contributed by atoms with Crippen LogP contribution in [-0.2, 0) is 11.3 Å². The lowest BCUT2D eigenvalue weighted by Gasteiger charge is -2.02. The molecule has 0 spiro atoms. The zero-order valence-electron chi connectivity index (χ0n) is 8.16. The number of fused-ring (bicyclic) bond motifs is 1. The number of imidazole rings is 1. The molecule has 0 bridgehead atoms. The van der Waals surface area contributed by atoms with E-state index in [-0.39, 0.29) is 12.5 Å². The number of primary amides is 1. The Labute approximate surface area is 86.7 Å². The van der Waals surface area contributed by atoms with Gasteiger partial charge in [0.05, 0.1) is 23.9 Å². The first-order valence-corrected chi connectivity index (χ1v) is 4.67.